The van der Waals surface area contributed by atoms with Gasteiger partial charge in [-0.05, 0) is 43.2 Å². The van der Waals surface area contributed by atoms with E-state index in [1.807, 2.05) is 42.6 Å². The maximum Gasteiger partial charge on any atom is 0.139 e. The van der Waals surface area contributed by atoms with Crippen molar-refractivity contribution < 1.29 is 5.21 Å². The number of nitriles is 1. The fraction of sp³-hybridized carbons (Fsp3) is 0.360. The van der Waals surface area contributed by atoms with E-state index in [0.29, 0.717) is 18.8 Å². The Morgan fingerprint density at radius 1 is 1.21 bits per heavy atom. The van der Waals surface area contributed by atoms with E-state index >= 15 is 0 Å². The van der Waals surface area contributed by atoms with Gasteiger partial charge < -0.3 is 9.55 Å². The Morgan fingerprint density at radius 2 is 2.00 bits per heavy atom. The molecule has 0 aliphatic heterocycles. The predicted molar refractivity (Wildman–Crippen MR) is 126 cm³/mol. The highest BCUT2D eigenvalue weighted by atomic mass is 16.5. The molecule has 0 saturated heterocycles. The standard InChI is InChI=1S/C25H27N7O/c26-12-10-17-6-8-19(9-7-17)32-23(16-31(33)22(27)14-18-4-2-1-3-5-18)30-21-15-29-25-20(24(21)32)11-13-28-25/h1-5,11,13,15,17,19,27,33H,6-10,14,16H2,(H,28,29). The highest BCUT2D eigenvalue weighted by molar-refractivity contribution is 6.01. The molecule has 1 aliphatic rings. The van der Waals surface area contributed by atoms with Gasteiger partial charge >= 0.3 is 0 Å². The van der Waals surface area contributed by atoms with Crippen LogP contribution in [-0.4, -0.2) is 35.6 Å². The lowest BCUT2D eigenvalue weighted by Gasteiger charge is -2.30. The zero-order chi connectivity index (χ0) is 22.8. The molecule has 8 heteroatoms. The van der Waals surface area contributed by atoms with Crippen LogP contribution in [0.5, 0.6) is 0 Å². The number of aromatic nitrogens is 4. The van der Waals surface area contributed by atoms with Crippen LogP contribution in [0.2, 0.25) is 0 Å². The summed E-state index contributed by atoms with van der Waals surface area (Å²) in [6.07, 6.45) is 8.55. The summed E-state index contributed by atoms with van der Waals surface area (Å²) in [6.45, 7) is 0.129. The Hall–Kier alpha value is -3.70. The van der Waals surface area contributed by atoms with Gasteiger partial charge in [-0.2, -0.15) is 5.26 Å². The third-order valence-corrected chi connectivity index (χ3v) is 6.69. The Balaban J connectivity index is 1.47. The number of rotatable bonds is 6. The molecular formula is C25H27N7O. The molecule has 33 heavy (non-hydrogen) atoms. The fourth-order valence-electron chi connectivity index (χ4n) is 4.99. The van der Waals surface area contributed by atoms with Gasteiger partial charge in [0.2, 0.25) is 0 Å². The van der Waals surface area contributed by atoms with E-state index in [1.54, 1.807) is 6.20 Å². The molecule has 1 aliphatic carbocycles. The van der Waals surface area contributed by atoms with Crippen LogP contribution in [0.15, 0.2) is 48.8 Å². The van der Waals surface area contributed by atoms with E-state index in [9.17, 15) is 5.21 Å². The third-order valence-electron chi connectivity index (χ3n) is 6.69. The van der Waals surface area contributed by atoms with Gasteiger partial charge in [0.05, 0.1) is 17.8 Å². The average Bonchev–Trinajstić information content (AvgIpc) is 3.44. The minimum atomic E-state index is 0.127. The van der Waals surface area contributed by atoms with Gasteiger partial charge in [0.25, 0.3) is 0 Å². The second kappa shape index (κ2) is 9.04. The van der Waals surface area contributed by atoms with Crippen molar-refractivity contribution in [1.29, 1.82) is 10.7 Å². The SMILES string of the molecule is N#CCC1CCC(n2c(CN(O)C(=N)Cc3ccccc3)nc3cnc4[nH]ccc4c32)CC1. The molecular weight excluding hydrogens is 414 g/mol. The molecule has 0 amide bonds. The van der Waals surface area contributed by atoms with Gasteiger partial charge in [-0.3, -0.25) is 10.6 Å². The van der Waals surface area contributed by atoms with Crippen molar-refractivity contribution in [3.8, 4) is 6.07 Å². The van der Waals surface area contributed by atoms with Crippen molar-refractivity contribution in [2.24, 2.45) is 5.92 Å². The molecule has 3 heterocycles. The highest BCUT2D eigenvalue weighted by Gasteiger charge is 2.27. The Kier molecular flexibility index (Phi) is 5.80. The third kappa shape index (κ3) is 4.20. The number of nitrogens with zero attached hydrogens (tertiary/aromatic N) is 5. The number of aromatic amines is 1. The number of H-pyrrole nitrogens is 1. The molecule has 0 atom stereocenters. The normalized spacial score (nSPS) is 18.4. The molecule has 0 radical (unpaired) electrons. The molecule has 3 N–H and O–H groups in total. The van der Waals surface area contributed by atoms with Crippen LogP contribution in [-0.2, 0) is 13.0 Å². The smallest absolute Gasteiger partial charge is 0.139 e. The van der Waals surface area contributed by atoms with Crippen LogP contribution in [0.3, 0.4) is 0 Å². The lowest BCUT2D eigenvalue weighted by atomic mass is 9.84. The summed E-state index contributed by atoms with van der Waals surface area (Å²) in [5, 5.41) is 30.2. The largest absolute Gasteiger partial charge is 0.346 e. The molecule has 5 rings (SSSR count). The number of pyridine rings is 1. The highest BCUT2D eigenvalue weighted by Crippen LogP contribution is 2.38. The zero-order valence-corrected chi connectivity index (χ0v) is 18.4. The zero-order valence-electron chi connectivity index (χ0n) is 18.4. The first kappa shape index (κ1) is 21.2. The molecule has 0 bridgehead atoms. The summed E-state index contributed by atoms with van der Waals surface area (Å²) >= 11 is 0. The van der Waals surface area contributed by atoms with Crippen molar-refractivity contribution in [2.75, 3.05) is 0 Å². The second-order valence-electron chi connectivity index (χ2n) is 8.83. The molecule has 8 nitrogen and oxygen atoms in total. The predicted octanol–water partition coefficient (Wildman–Crippen LogP) is 4.97. The lowest BCUT2D eigenvalue weighted by Crippen LogP contribution is -2.30. The van der Waals surface area contributed by atoms with Crippen LogP contribution in [0.1, 0.15) is 49.5 Å². The summed E-state index contributed by atoms with van der Waals surface area (Å²) in [5.41, 5.74) is 3.59. The summed E-state index contributed by atoms with van der Waals surface area (Å²) in [7, 11) is 0. The molecule has 1 fully saturated rings. The Morgan fingerprint density at radius 3 is 2.76 bits per heavy atom. The summed E-state index contributed by atoms with van der Waals surface area (Å²) in [6, 6.07) is 14.3. The van der Waals surface area contributed by atoms with E-state index < -0.39 is 0 Å². The van der Waals surface area contributed by atoms with Gasteiger partial charge in [-0.25, -0.2) is 15.0 Å². The monoisotopic (exact) mass is 441 g/mol. The van der Waals surface area contributed by atoms with Crippen molar-refractivity contribution in [2.45, 2.75) is 51.1 Å². The Bertz CT molecular complexity index is 1310. The topological polar surface area (TPSA) is 118 Å². The molecule has 0 spiro atoms. The average molecular weight is 442 g/mol. The first-order valence-corrected chi connectivity index (χ1v) is 11.4. The number of amidine groups is 1. The van der Waals surface area contributed by atoms with Gasteiger partial charge in [-0.1, -0.05) is 30.3 Å². The summed E-state index contributed by atoms with van der Waals surface area (Å²) in [5.74, 6) is 1.30. The molecule has 168 valence electrons. The van der Waals surface area contributed by atoms with E-state index in [1.165, 1.54) is 0 Å². The molecule has 1 saturated carbocycles. The van der Waals surface area contributed by atoms with Gasteiger partial charge in [-0.15, -0.1) is 0 Å². The van der Waals surface area contributed by atoms with Crippen LogP contribution in [0.4, 0.5) is 0 Å². The first-order chi connectivity index (χ1) is 16.1. The molecule has 0 unspecified atom stereocenters. The Labute approximate surface area is 192 Å². The summed E-state index contributed by atoms with van der Waals surface area (Å²) in [4.78, 5) is 12.5. The number of imidazole rings is 1. The van der Waals surface area contributed by atoms with Crippen LogP contribution >= 0.6 is 0 Å². The minimum absolute atomic E-state index is 0.127. The number of benzene rings is 1. The number of hydrogen-bond acceptors (Lipinski definition) is 5. The van der Waals surface area contributed by atoms with Crippen molar-refractivity contribution in [1.82, 2.24) is 24.6 Å². The van der Waals surface area contributed by atoms with E-state index in [-0.39, 0.29) is 18.4 Å². The molecule has 1 aromatic carbocycles. The van der Waals surface area contributed by atoms with Crippen molar-refractivity contribution in [3.05, 3.63) is 60.2 Å². The maximum absolute atomic E-state index is 10.8. The van der Waals surface area contributed by atoms with E-state index in [2.05, 4.69) is 20.6 Å². The van der Waals surface area contributed by atoms with Crippen molar-refractivity contribution >= 4 is 27.9 Å². The molecule has 4 aromatic rings. The fourth-order valence-corrected chi connectivity index (χ4v) is 4.99. The number of nitrogens with one attached hydrogen (secondary N) is 2. The van der Waals surface area contributed by atoms with Gasteiger partial charge in [0.15, 0.2) is 0 Å². The molecule has 3 aromatic heterocycles. The lowest BCUT2D eigenvalue weighted by molar-refractivity contribution is -0.0288. The second-order valence-corrected chi connectivity index (χ2v) is 8.83. The number of hydroxylamine groups is 2. The van der Waals surface area contributed by atoms with E-state index in [4.69, 9.17) is 15.7 Å². The van der Waals surface area contributed by atoms with Crippen LogP contribution in [0.25, 0.3) is 22.1 Å². The quantitative estimate of drug-likeness (QED) is 0.222. The van der Waals surface area contributed by atoms with Gasteiger partial charge in [0, 0.05) is 30.5 Å². The van der Waals surface area contributed by atoms with E-state index in [0.717, 1.165) is 64.2 Å². The number of hydrogen-bond donors (Lipinski definition) is 3. The van der Waals surface area contributed by atoms with Crippen molar-refractivity contribution in [3.63, 3.8) is 0 Å². The first-order valence-electron chi connectivity index (χ1n) is 11.4. The minimum Gasteiger partial charge on any atom is -0.346 e. The van der Waals surface area contributed by atoms with Gasteiger partial charge in [0.1, 0.15) is 29.4 Å². The van der Waals surface area contributed by atoms with Crippen LogP contribution in [0, 0.1) is 22.7 Å². The maximum atomic E-state index is 10.8. The summed E-state index contributed by atoms with van der Waals surface area (Å²) < 4.78 is 2.24. The number of fused-ring (bicyclic) bond motifs is 3. The van der Waals surface area contributed by atoms with Crippen LogP contribution < -0.4 is 0 Å².